The van der Waals surface area contributed by atoms with Crippen molar-refractivity contribution in [2.24, 2.45) is 13.0 Å². The van der Waals surface area contributed by atoms with Gasteiger partial charge in [0, 0.05) is 37.7 Å². The monoisotopic (exact) mass is 340 g/mol. The molecule has 25 heavy (non-hydrogen) atoms. The van der Waals surface area contributed by atoms with Crippen molar-refractivity contribution >= 4 is 17.4 Å². The number of anilines is 1. The van der Waals surface area contributed by atoms with Crippen LogP contribution in [0, 0.1) is 5.92 Å². The normalized spacial score (nSPS) is 10.7. The first-order valence-electron chi connectivity index (χ1n) is 8.44. The third-order valence-electron chi connectivity index (χ3n) is 3.87. The van der Waals surface area contributed by atoms with Crippen LogP contribution in [0.3, 0.4) is 0 Å². The number of hydrogen-bond acceptors (Lipinski definition) is 3. The Labute approximate surface area is 147 Å². The summed E-state index contributed by atoms with van der Waals surface area (Å²) in [7, 11) is 1.62. The van der Waals surface area contributed by atoms with Crippen molar-refractivity contribution in [2.45, 2.75) is 33.1 Å². The Balaban J connectivity index is 1.87. The van der Waals surface area contributed by atoms with Crippen molar-refractivity contribution in [1.29, 1.82) is 0 Å². The number of benzene rings is 1. The number of rotatable bonds is 7. The molecule has 0 radical (unpaired) electrons. The molecule has 0 spiro atoms. The molecular formula is C20H24N2O3. The van der Waals surface area contributed by atoms with E-state index in [1.54, 1.807) is 19.3 Å². The fraction of sp³-hybridized carbons (Fsp3) is 0.350. The van der Waals surface area contributed by atoms with Gasteiger partial charge in [-0.1, -0.05) is 38.1 Å². The molecular weight excluding hydrogens is 316 g/mol. The third kappa shape index (κ3) is 5.71. The minimum absolute atomic E-state index is 0.0493. The van der Waals surface area contributed by atoms with Crippen LogP contribution in [0.5, 0.6) is 0 Å². The van der Waals surface area contributed by atoms with Gasteiger partial charge in [-0.3, -0.25) is 14.4 Å². The van der Waals surface area contributed by atoms with Gasteiger partial charge in [0.15, 0.2) is 5.78 Å². The van der Waals surface area contributed by atoms with E-state index in [0.29, 0.717) is 17.2 Å². The summed E-state index contributed by atoms with van der Waals surface area (Å²) >= 11 is 0. The quantitative estimate of drug-likeness (QED) is 0.787. The van der Waals surface area contributed by atoms with Gasteiger partial charge in [-0.05, 0) is 24.0 Å². The molecule has 1 aromatic carbocycles. The number of aromatic nitrogens is 1. The highest BCUT2D eigenvalue weighted by Gasteiger charge is 2.10. The first-order valence-corrected chi connectivity index (χ1v) is 8.44. The lowest BCUT2D eigenvalue weighted by Crippen LogP contribution is -2.18. The molecule has 5 nitrogen and oxygen atoms in total. The predicted octanol–water partition coefficient (Wildman–Crippen LogP) is 3.19. The fourth-order valence-corrected chi connectivity index (χ4v) is 2.56. The molecule has 0 unspecified atom stereocenters. The number of ketones is 1. The van der Waals surface area contributed by atoms with Crippen LogP contribution in [-0.4, -0.2) is 16.3 Å². The second-order valence-electron chi connectivity index (χ2n) is 6.63. The zero-order valence-corrected chi connectivity index (χ0v) is 14.9. The number of nitrogens with one attached hydrogen (secondary N) is 1. The van der Waals surface area contributed by atoms with E-state index in [4.69, 9.17) is 0 Å². The van der Waals surface area contributed by atoms with Crippen molar-refractivity contribution in [1.82, 2.24) is 4.57 Å². The highest BCUT2D eigenvalue weighted by Crippen LogP contribution is 2.12. The van der Waals surface area contributed by atoms with Gasteiger partial charge in [0.1, 0.15) is 0 Å². The van der Waals surface area contributed by atoms with Gasteiger partial charge in [-0.2, -0.15) is 0 Å². The van der Waals surface area contributed by atoms with Gasteiger partial charge >= 0.3 is 0 Å². The number of amides is 1. The summed E-state index contributed by atoms with van der Waals surface area (Å²) in [6, 6.07) is 10.5. The number of pyridine rings is 1. The van der Waals surface area contributed by atoms with Crippen LogP contribution in [0.4, 0.5) is 5.69 Å². The largest absolute Gasteiger partial charge is 0.325 e. The maximum absolute atomic E-state index is 12.2. The molecule has 1 amide bonds. The molecule has 0 fully saturated rings. The summed E-state index contributed by atoms with van der Waals surface area (Å²) in [5.74, 6) is 0.276. The molecule has 2 aromatic rings. The number of hydrogen-bond donors (Lipinski definition) is 1. The Morgan fingerprint density at radius 1 is 1.04 bits per heavy atom. The van der Waals surface area contributed by atoms with Gasteiger partial charge in [0.05, 0.1) is 5.69 Å². The van der Waals surface area contributed by atoms with Gasteiger partial charge in [0.25, 0.3) is 0 Å². The first kappa shape index (κ1) is 18.6. The van der Waals surface area contributed by atoms with Gasteiger partial charge < -0.3 is 9.88 Å². The van der Waals surface area contributed by atoms with Crippen molar-refractivity contribution in [3.05, 3.63) is 64.1 Å². The molecule has 5 heteroatoms. The predicted molar refractivity (Wildman–Crippen MR) is 98.9 cm³/mol. The maximum atomic E-state index is 12.2. The molecule has 132 valence electrons. The Morgan fingerprint density at radius 3 is 2.32 bits per heavy atom. The number of Topliss-reactive ketones (excluding diaryl/α,β-unsaturated/α-hetero) is 1. The summed E-state index contributed by atoms with van der Waals surface area (Å²) in [5.41, 5.74) is 2.23. The molecule has 2 rings (SSSR count). The van der Waals surface area contributed by atoms with Crippen molar-refractivity contribution in [2.75, 3.05) is 5.32 Å². The Hall–Kier alpha value is -2.69. The van der Waals surface area contributed by atoms with Gasteiger partial charge in [-0.25, -0.2) is 0 Å². The van der Waals surface area contributed by atoms with Crippen LogP contribution >= 0.6 is 0 Å². The van der Waals surface area contributed by atoms with Crippen molar-refractivity contribution in [3.63, 3.8) is 0 Å². The lowest BCUT2D eigenvalue weighted by atomic mass is 9.99. The van der Waals surface area contributed by atoms with Crippen molar-refractivity contribution in [3.8, 4) is 0 Å². The van der Waals surface area contributed by atoms with Crippen LogP contribution in [0.15, 0.2) is 47.4 Å². The van der Waals surface area contributed by atoms with E-state index >= 15 is 0 Å². The lowest BCUT2D eigenvalue weighted by molar-refractivity contribution is -0.116. The van der Waals surface area contributed by atoms with E-state index in [9.17, 15) is 14.4 Å². The lowest BCUT2D eigenvalue weighted by Gasteiger charge is -2.07. The average molecular weight is 340 g/mol. The molecule has 0 bridgehead atoms. The number of aryl methyl sites for hydroxylation is 1. The fourth-order valence-electron chi connectivity index (χ4n) is 2.56. The molecule has 0 atom stereocenters. The summed E-state index contributed by atoms with van der Waals surface area (Å²) in [6.07, 6.45) is 2.79. The molecule has 1 aromatic heterocycles. The average Bonchev–Trinajstić information content (AvgIpc) is 2.56. The van der Waals surface area contributed by atoms with E-state index in [0.717, 1.165) is 6.42 Å². The van der Waals surface area contributed by atoms with Crippen LogP contribution in [0.1, 0.15) is 42.6 Å². The summed E-state index contributed by atoms with van der Waals surface area (Å²) in [5, 5.41) is 2.70. The summed E-state index contributed by atoms with van der Waals surface area (Å²) < 4.78 is 1.39. The first-order chi connectivity index (χ1) is 11.8. The van der Waals surface area contributed by atoms with Crippen LogP contribution in [0.2, 0.25) is 0 Å². The molecule has 1 N–H and O–H groups in total. The number of nitrogens with zero attached hydrogens (tertiary/aromatic N) is 1. The smallest absolute Gasteiger partial charge is 0.250 e. The SMILES string of the molecule is CC(C)Cc1ccc(C(=O)CCC(=O)Nc2ccc(=O)n(C)c2)cc1. The maximum Gasteiger partial charge on any atom is 0.250 e. The molecule has 0 aliphatic carbocycles. The van der Waals surface area contributed by atoms with Crippen LogP contribution in [0.25, 0.3) is 0 Å². The van der Waals surface area contributed by atoms with Crippen molar-refractivity contribution < 1.29 is 9.59 Å². The van der Waals surface area contributed by atoms with Crippen LogP contribution in [-0.2, 0) is 18.3 Å². The van der Waals surface area contributed by atoms with Gasteiger partial charge in [0.2, 0.25) is 11.5 Å². The standard InChI is InChI=1S/C20H24N2O3/c1-14(2)12-15-4-6-16(7-5-15)18(23)9-10-19(24)21-17-8-11-20(25)22(3)13-17/h4-8,11,13-14H,9-10,12H2,1-3H3,(H,21,24). The molecule has 1 heterocycles. The van der Waals surface area contributed by atoms with E-state index < -0.39 is 0 Å². The second-order valence-corrected chi connectivity index (χ2v) is 6.63. The molecule has 0 saturated carbocycles. The topological polar surface area (TPSA) is 68.2 Å². The van der Waals surface area contributed by atoms with E-state index in [1.165, 1.54) is 16.2 Å². The van der Waals surface area contributed by atoms with E-state index in [-0.39, 0.29) is 30.1 Å². The Kier molecular flexibility index (Phi) is 6.28. The highest BCUT2D eigenvalue weighted by atomic mass is 16.2. The zero-order valence-electron chi connectivity index (χ0n) is 14.9. The minimum atomic E-state index is -0.247. The zero-order chi connectivity index (χ0) is 18.4. The van der Waals surface area contributed by atoms with E-state index in [2.05, 4.69) is 19.2 Å². The molecule has 0 aliphatic rings. The number of carbonyl (C=O) groups excluding carboxylic acids is 2. The molecule has 0 aliphatic heterocycles. The van der Waals surface area contributed by atoms with Gasteiger partial charge in [-0.15, -0.1) is 0 Å². The molecule has 0 saturated heterocycles. The Bertz CT molecular complexity index is 804. The minimum Gasteiger partial charge on any atom is -0.325 e. The van der Waals surface area contributed by atoms with E-state index in [1.807, 2.05) is 24.3 Å². The third-order valence-corrected chi connectivity index (χ3v) is 3.87. The Morgan fingerprint density at radius 2 is 1.72 bits per heavy atom. The van der Waals surface area contributed by atoms with Crippen LogP contribution < -0.4 is 10.9 Å². The highest BCUT2D eigenvalue weighted by molar-refractivity contribution is 5.99. The summed E-state index contributed by atoms with van der Waals surface area (Å²) in [6.45, 7) is 4.31. The number of carbonyl (C=O) groups is 2. The summed E-state index contributed by atoms with van der Waals surface area (Å²) in [4.78, 5) is 35.5. The second kappa shape index (κ2) is 8.42.